The molecule has 0 N–H and O–H groups in total. The van der Waals surface area contributed by atoms with Gasteiger partial charge in [0.25, 0.3) is 5.91 Å². The molecular formula is C22H26BrNO3S. The Morgan fingerprint density at radius 2 is 1.75 bits per heavy atom. The predicted molar refractivity (Wildman–Crippen MR) is 116 cm³/mol. The number of benzene rings is 2. The van der Waals surface area contributed by atoms with E-state index in [-0.39, 0.29) is 28.9 Å². The molecule has 6 heteroatoms. The maximum atomic E-state index is 13.3. The van der Waals surface area contributed by atoms with Crippen molar-refractivity contribution in [3.63, 3.8) is 0 Å². The first kappa shape index (κ1) is 21.1. The molecule has 1 aliphatic heterocycles. The quantitative estimate of drug-likeness (QED) is 0.666. The molecule has 0 aromatic heterocycles. The maximum absolute atomic E-state index is 13.3. The summed E-state index contributed by atoms with van der Waals surface area (Å²) in [5, 5.41) is 0. The highest BCUT2D eigenvalue weighted by atomic mass is 79.9. The summed E-state index contributed by atoms with van der Waals surface area (Å²) >= 11 is 3.45. The van der Waals surface area contributed by atoms with Crippen molar-refractivity contribution in [1.29, 1.82) is 0 Å². The Balaban J connectivity index is 1.91. The van der Waals surface area contributed by atoms with Crippen LogP contribution in [0.25, 0.3) is 0 Å². The zero-order chi connectivity index (χ0) is 20.5. The van der Waals surface area contributed by atoms with E-state index >= 15 is 0 Å². The largest absolute Gasteiger partial charge is 0.330 e. The number of carbonyl (C=O) groups excluding carboxylic acids is 1. The fourth-order valence-corrected chi connectivity index (χ4v) is 5.67. The average Bonchev–Trinajstić information content (AvgIpc) is 2.99. The van der Waals surface area contributed by atoms with Crippen LogP contribution in [0, 0.1) is 0 Å². The Hall–Kier alpha value is -1.66. The second kappa shape index (κ2) is 7.99. The fraction of sp³-hybridized carbons (Fsp3) is 0.409. The third-order valence-electron chi connectivity index (χ3n) is 5.19. The van der Waals surface area contributed by atoms with Crippen LogP contribution in [-0.2, 0) is 21.8 Å². The SMILES string of the molecule is CC(C)(C)c1ccc(CN(C(=O)c2ccccc2Br)[C@@H]2CCS(=O)(=O)C2)cc1. The lowest BCUT2D eigenvalue weighted by Gasteiger charge is -2.29. The molecule has 150 valence electrons. The predicted octanol–water partition coefficient (Wildman–Crippen LogP) is 4.58. The molecule has 28 heavy (non-hydrogen) atoms. The number of nitrogens with zero attached hydrogens (tertiary/aromatic N) is 1. The van der Waals surface area contributed by atoms with E-state index in [2.05, 4.69) is 48.8 Å². The molecule has 3 rings (SSSR count). The highest BCUT2D eigenvalue weighted by Gasteiger charge is 2.35. The zero-order valence-corrected chi connectivity index (χ0v) is 18.9. The first-order chi connectivity index (χ1) is 13.1. The molecule has 1 saturated heterocycles. The van der Waals surface area contributed by atoms with Crippen LogP contribution in [0.4, 0.5) is 0 Å². The fourth-order valence-electron chi connectivity index (χ4n) is 3.48. The number of sulfone groups is 1. The Bertz CT molecular complexity index is 962. The van der Waals surface area contributed by atoms with E-state index in [1.54, 1.807) is 11.0 Å². The number of amides is 1. The summed E-state index contributed by atoms with van der Waals surface area (Å²) in [6, 6.07) is 15.2. The number of rotatable bonds is 4. The molecule has 4 nitrogen and oxygen atoms in total. The minimum atomic E-state index is -3.09. The number of hydrogen-bond acceptors (Lipinski definition) is 3. The van der Waals surface area contributed by atoms with Crippen molar-refractivity contribution in [2.24, 2.45) is 0 Å². The summed E-state index contributed by atoms with van der Waals surface area (Å²) in [4.78, 5) is 15.0. The molecule has 1 heterocycles. The molecule has 0 spiro atoms. The van der Waals surface area contributed by atoms with Crippen LogP contribution in [0.5, 0.6) is 0 Å². The van der Waals surface area contributed by atoms with Crippen LogP contribution in [0.15, 0.2) is 53.0 Å². The van der Waals surface area contributed by atoms with E-state index in [0.29, 0.717) is 23.0 Å². The molecule has 2 aromatic rings. The monoisotopic (exact) mass is 463 g/mol. The van der Waals surface area contributed by atoms with E-state index in [1.165, 1.54) is 5.56 Å². The van der Waals surface area contributed by atoms with Gasteiger partial charge < -0.3 is 4.90 Å². The van der Waals surface area contributed by atoms with Crippen LogP contribution in [0.1, 0.15) is 48.7 Å². The number of carbonyl (C=O) groups is 1. The third kappa shape index (κ3) is 4.84. The van der Waals surface area contributed by atoms with Crippen molar-refractivity contribution in [2.45, 2.75) is 45.2 Å². The van der Waals surface area contributed by atoms with Gasteiger partial charge in [0.15, 0.2) is 9.84 Å². The maximum Gasteiger partial charge on any atom is 0.255 e. The summed E-state index contributed by atoms with van der Waals surface area (Å²) in [6.07, 6.45) is 0.485. The van der Waals surface area contributed by atoms with Gasteiger partial charge in [-0.2, -0.15) is 0 Å². The van der Waals surface area contributed by atoms with Crippen LogP contribution >= 0.6 is 15.9 Å². The van der Waals surface area contributed by atoms with Crippen molar-refractivity contribution in [3.8, 4) is 0 Å². The molecular weight excluding hydrogens is 438 g/mol. The Labute approximate surface area is 176 Å². The minimum absolute atomic E-state index is 0.0310. The third-order valence-corrected chi connectivity index (χ3v) is 7.63. The van der Waals surface area contributed by atoms with Crippen LogP contribution in [0.3, 0.4) is 0 Å². The Morgan fingerprint density at radius 3 is 2.29 bits per heavy atom. The highest BCUT2D eigenvalue weighted by molar-refractivity contribution is 9.10. The zero-order valence-electron chi connectivity index (χ0n) is 16.5. The standard InChI is InChI=1S/C22H26BrNO3S/c1-22(2,3)17-10-8-16(9-11-17)14-24(18-12-13-28(26,27)15-18)21(25)19-6-4-5-7-20(19)23/h4-11,18H,12-15H2,1-3H3/t18-/m1/s1. The second-order valence-electron chi connectivity index (χ2n) is 8.42. The van der Waals surface area contributed by atoms with Crippen LogP contribution in [-0.4, -0.2) is 36.8 Å². The van der Waals surface area contributed by atoms with Crippen molar-refractivity contribution in [3.05, 3.63) is 69.7 Å². The Kier molecular flexibility index (Phi) is 6.01. The van der Waals surface area contributed by atoms with Gasteiger partial charge >= 0.3 is 0 Å². The normalized spacial score (nSPS) is 18.8. The van der Waals surface area contributed by atoms with Crippen LogP contribution < -0.4 is 0 Å². The first-order valence-electron chi connectivity index (χ1n) is 9.42. The summed E-state index contributed by atoms with van der Waals surface area (Å²) in [5.41, 5.74) is 2.84. The molecule has 1 amide bonds. The summed E-state index contributed by atoms with van der Waals surface area (Å²) in [6.45, 7) is 6.88. The van der Waals surface area contributed by atoms with Gasteiger partial charge in [0, 0.05) is 17.1 Å². The van der Waals surface area contributed by atoms with Gasteiger partial charge in [0.1, 0.15) is 0 Å². The lowest BCUT2D eigenvalue weighted by molar-refractivity contribution is 0.0680. The molecule has 0 saturated carbocycles. The van der Waals surface area contributed by atoms with Gasteiger partial charge in [-0.25, -0.2) is 8.42 Å². The molecule has 0 bridgehead atoms. The van der Waals surface area contributed by atoms with E-state index < -0.39 is 9.84 Å². The summed E-state index contributed by atoms with van der Waals surface area (Å²) in [7, 11) is -3.09. The minimum Gasteiger partial charge on any atom is -0.330 e. The lowest BCUT2D eigenvalue weighted by Crippen LogP contribution is -2.40. The Morgan fingerprint density at radius 1 is 1.11 bits per heavy atom. The van der Waals surface area contributed by atoms with E-state index in [9.17, 15) is 13.2 Å². The summed E-state index contributed by atoms with van der Waals surface area (Å²) < 4.78 is 24.8. The second-order valence-corrected chi connectivity index (χ2v) is 11.5. The number of hydrogen-bond donors (Lipinski definition) is 0. The highest BCUT2D eigenvalue weighted by Crippen LogP contribution is 2.27. The topological polar surface area (TPSA) is 54.5 Å². The molecule has 1 fully saturated rings. The first-order valence-corrected chi connectivity index (χ1v) is 12.0. The van der Waals surface area contributed by atoms with Crippen molar-refractivity contribution < 1.29 is 13.2 Å². The van der Waals surface area contributed by atoms with Gasteiger partial charge in [0.2, 0.25) is 0 Å². The van der Waals surface area contributed by atoms with Gasteiger partial charge in [-0.05, 0) is 51.0 Å². The molecule has 0 radical (unpaired) electrons. The van der Waals surface area contributed by atoms with Crippen molar-refractivity contribution >= 4 is 31.7 Å². The van der Waals surface area contributed by atoms with Gasteiger partial charge in [-0.3, -0.25) is 4.79 Å². The molecule has 1 aliphatic rings. The van der Waals surface area contributed by atoms with E-state index in [1.807, 2.05) is 30.3 Å². The van der Waals surface area contributed by atoms with Gasteiger partial charge in [-0.1, -0.05) is 57.2 Å². The van der Waals surface area contributed by atoms with E-state index in [0.717, 1.165) is 5.56 Å². The average molecular weight is 464 g/mol. The lowest BCUT2D eigenvalue weighted by atomic mass is 9.86. The van der Waals surface area contributed by atoms with Crippen molar-refractivity contribution in [1.82, 2.24) is 4.90 Å². The molecule has 2 aromatic carbocycles. The molecule has 1 atom stereocenters. The number of halogens is 1. The molecule has 0 aliphatic carbocycles. The molecule has 0 unspecified atom stereocenters. The van der Waals surface area contributed by atoms with Gasteiger partial charge in [0.05, 0.1) is 17.1 Å². The summed E-state index contributed by atoms with van der Waals surface area (Å²) in [5.74, 6) is 0.0263. The van der Waals surface area contributed by atoms with Crippen molar-refractivity contribution in [2.75, 3.05) is 11.5 Å². The van der Waals surface area contributed by atoms with E-state index in [4.69, 9.17) is 0 Å². The van der Waals surface area contributed by atoms with Crippen LogP contribution in [0.2, 0.25) is 0 Å². The smallest absolute Gasteiger partial charge is 0.255 e. The van der Waals surface area contributed by atoms with Gasteiger partial charge in [-0.15, -0.1) is 0 Å².